The lowest BCUT2D eigenvalue weighted by molar-refractivity contribution is 1.06. The van der Waals surface area contributed by atoms with Gasteiger partial charge in [-0.2, -0.15) is 0 Å². The number of aromatic nitrogens is 1. The number of pyridine rings is 1. The second-order valence-corrected chi connectivity index (χ2v) is 4.26. The van der Waals surface area contributed by atoms with Crippen LogP contribution in [0.3, 0.4) is 0 Å². The molecule has 0 unspecified atom stereocenters. The summed E-state index contributed by atoms with van der Waals surface area (Å²) in [6.45, 7) is 4.58. The van der Waals surface area contributed by atoms with Crippen LogP contribution in [0.15, 0.2) is 30.3 Å². The summed E-state index contributed by atoms with van der Waals surface area (Å²) < 4.78 is 0. The largest absolute Gasteiger partial charge is 0.383 e. The van der Waals surface area contributed by atoms with Crippen LogP contribution in [-0.2, 0) is 6.54 Å². The fourth-order valence-electron chi connectivity index (χ4n) is 1.93. The van der Waals surface area contributed by atoms with E-state index in [2.05, 4.69) is 37.0 Å². The Kier molecular flexibility index (Phi) is 3.11. The van der Waals surface area contributed by atoms with E-state index >= 15 is 0 Å². The summed E-state index contributed by atoms with van der Waals surface area (Å²) in [4.78, 5) is 4.40. The van der Waals surface area contributed by atoms with E-state index in [1.54, 1.807) is 0 Å². The monoisotopic (exact) mass is 227 g/mol. The summed E-state index contributed by atoms with van der Waals surface area (Å²) in [7, 11) is 0. The van der Waals surface area contributed by atoms with Crippen molar-refractivity contribution in [3.8, 4) is 11.3 Å². The van der Waals surface area contributed by atoms with E-state index in [9.17, 15) is 0 Å². The molecule has 1 heterocycles. The number of hydrogen-bond donors (Lipinski definition) is 2. The average Bonchev–Trinajstić information content (AvgIpc) is 2.29. The minimum atomic E-state index is 0.423. The van der Waals surface area contributed by atoms with Crippen LogP contribution in [0.25, 0.3) is 11.3 Å². The standard InChI is InChI=1S/C14H17N3/c1-9-3-5-12(10(2)7-9)13-6-4-11(8-15)14(16)17-13/h3-7H,8,15H2,1-2H3,(H2,16,17). The van der Waals surface area contributed by atoms with Crippen molar-refractivity contribution in [2.45, 2.75) is 20.4 Å². The maximum Gasteiger partial charge on any atom is 0.128 e. The molecule has 0 atom stereocenters. The topological polar surface area (TPSA) is 64.9 Å². The molecule has 3 heteroatoms. The summed E-state index contributed by atoms with van der Waals surface area (Å²) >= 11 is 0. The van der Waals surface area contributed by atoms with Gasteiger partial charge in [0.05, 0.1) is 5.69 Å². The van der Waals surface area contributed by atoms with Crippen molar-refractivity contribution in [3.63, 3.8) is 0 Å². The molecule has 0 aliphatic heterocycles. The highest BCUT2D eigenvalue weighted by Crippen LogP contribution is 2.24. The molecule has 4 N–H and O–H groups in total. The third kappa shape index (κ3) is 2.29. The second kappa shape index (κ2) is 4.55. The van der Waals surface area contributed by atoms with E-state index in [4.69, 9.17) is 11.5 Å². The average molecular weight is 227 g/mol. The van der Waals surface area contributed by atoms with Gasteiger partial charge in [0.15, 0.2) is 0 Å². The van der Waals surface area contributed by atoms with Gasteiger partial charge in [0.1, 0.15) is 5.82 Å². The van der Waals surface area contributed by atoms with Crippen LogP contribution in [0.5, 0.6) is 0 Å². The number of hydrogen-bond acceptors (Lipinski definition) is 3. The van der Waals surface area contributed by atoms with Crippen LogP contribution in [-0.4, -0.2) is 4.98 Å². The Hall–Kier alpha value is -1.87. The van der Waals surface area contributed by atoms with Crippen molar-refractivity contribution >= 4 is 5.82 Å². The van der Waals surface area contributed by atoms with E-state index in [0.717, 1.165) is 16.8 Å². The summed E-state index contributed by atoms with van der Waals surface area (Å²) in [5.41, 5.74) is 16.8. The van der Waals surface area contributed by atoms with E-state index in [1.807, 2.05) is 12.1 Å². The molecule has 3 nitrogen and oxygen atoms in total. The Balaban J connectivity index is 2.50. The minimum absolute atomic E-state index is 0.423. The fourth-order valence-corrected chi connectivity index (χ4v) is 1.93. The molecule has 0 spiro atoms. The van der Waals surface area contributed by atoms with Crippen LogP contribution < -0.4 is 11.5 Å². The number of rotatable bonds is 2. The van der Waals surface area contributed by atoms with Gasteiger partial charge in [-0.15, -0.1) is 0 Å². The zero-order valence-electron chi connectivity index (χ0n) is 10.2. The molecule has 88 valence electrons. The normalized spacial score (nSPS) is 10.5. The molecular formula is C14H17N3. The lowest BCUT2D eigenvalue weighted by atomic mass is 10.0. The van der Waals surface area contributed by atoms with Gasteiger partial charge in [0.2, 0.25) is 0 Å². The van der Waals surface area contributed by atoms with E-state index in [0.29, 0.717) is 12.4 Å². The molecule has 2 aromatic rings. The number of nitrogen functional groups attached to an aromatic ring is 1. The van der Waals surface area contributed by atoms with Crippen molar-refractivity contribution in [1.82, 2.24) is 4.98 Å². The summed E-state index contributed by atoms with van der Waals surface area (Å²) in [6.07, 6.45) is 0. The summed E-state index contributed by atoms with van der Waals surface area (Å²) in [5.74, 6) is 0.518. The first kappa shape index (κ1) is 11.6. The maximum atomic E-state index is 5.86. The third-order valence-electron chi connectivity index (χ3n) is 2.89. The van der Waals surface area contributed by atoms with Gasteiger partial charge in [-0.3, -0.25) is 0 Å². The number of anilines is 1. The van der Waals surface area contributed by atoms with E-state index in [-0.39, 0.29) is 0 Å². The Labute approximate surface area is 101 Å². The van der Waals surface area contributed by atoms with Crippen molar-refractivity contribution < 1.29 is 0 Å². The quantitative estimate of drug-likeness (QED) is 0.828. The van der Waals surface area contributed by atoms with Gasteiger partial charge in [-0.1, -0.05) is 29.8 Å². The number of aryl methyl sites for hydroxylation is 2. The summed E-state index contributed by atoms with van der Waals surface area (Å²) in [6, 6.07) is 10.2. The fraction of sp³-hybridized carbons (Fsp3) is 0.214. The first-order valence-corrected chi connectivity index (χ1v) is 5.65. The van der Waals surface area contributed by atoms with Crippen molar-refractivity contribution in [1.29, 1.82) is 0 Å². The molecule has 0 saturated heterocycles. The first-order valence-electron chi connectivity index (χ1n) is 5.65. The highest BCUT2D eigenvalue weighted by atomic mass is 14.9. The second-order valence-electron chi connectivity index (χ2n) is 4.26. The summed E-state index contributed by atoms with van der Waals surface area (Å²) in [5, 5.41) is 0. The number of nitrogens with two attached hydrogens (primary N) is 2. The van der Waals surface area contributed by atoms with Crippen molar-refractivity contribution in [2.75, 3.05) is 5.73 Å². The van der Waals surface area contributed by atoms with Crippen LogP contribution in [0.4, 0.5) is 5.82 Å². The lowest BCUT2D eigenvalue weighted by Crippen LogP contribution is -2.04. The van der Waals surface area contributed by atoms with Crippen LogP contribution in [0, 0.1) is 13.8 Å². The molecular weight excluding hydrogens is 210 g/mol. The first-order chi connectivity index (χ1) is 8.11. The van der Waals surface area contributed by atoms with Gasteiger partial charge in [-0.25, -0.2) is 4.98 Å². The molecule has 0 aliphatic rings. The zero-order valence-corrected chi connectivity index (χ0v) is 10.2. The van der Waals surface area contributed by atoms with Gasteiger partial charge in [0.25, 0.3) is 0 Å². The van der Waals surface area contributed by atoms with Gasteiger partial charge in [-0.05, 0) is 25.5 Å². The van der Waals surface area contributed by atoms with Gasteiger partial charge in [0, 0.05) is 17.7 Å². The van der Waals surface area contributed by atoms with Crippen LogP contribution in [0.1, 0.15) is 16.7 Å². The predicted octanol–water partition coefficient (Wildman–Crippen LogP) is 2.41. The molecule has 0 aliphatic carbocycles. The maximum absolute atomic E-state index is 5.86. The number of nitrogens with zero attached hydrogens (tertiary/aromatic N) is 1. The van der Waals surface area contributed by atoms with E-state index in [1.165, 1.54) is 11.1 Å². The predicted molar refractivity (Wildman–Crippen MR) is 71.5 cm³/mol. The number of benzene rings is 1. The minimum Gasteiger partial charge on any atom is -0.383 e. The van der Waals surface area contributed by atoms with E-state index < -0.39 is 0 Å². The van der Waals surface area contributed by atoms with Crippen molar-refractivity contribution in [3.05, 3.63) is 47.0 Å². The third-order valence-corrected chi connectivity index (χ3v) is 2.89. The molecule has 0 fully saturated rings. The molecule has 1 aromatic heterocycles. The Bertz CT molecular complexity index is 547. The van der Waals surface area contributed by atoms with Crippen LogP contribution in [0.2, 0.25) is 0 Å². The highest BCUT2D eigenvalue weighted by molar-refractivity contribution is 5.66. The Morgan fingerprint density at radius 2 is 1.88 bits per heavy atom. The Morgan fingerprint density at radius 1 is 1.12 bits per heavy atom. The van der Waals surface area contributed by atoms with Gasteiger partial charge < -0.3 is 11.5 Å². The molecule has 1 aromatic carbocycles. The SMILES string of the molecule is Cc1ccc(-c2ccc(CN)c(N)n2)c(C)c1. The Morgan fingerprint density at radius 3 is 2.47 bits per heavy atom. The molecule has 2 rings (SSSR count). The smallest absolute Gasteiger partial charge is 0.128 e. The molecule has 17 heavy (non-hydrogen) atoms. The molecule has 0 radical (unpaired) electrons. The molecule has 0 amide bonds. The molecule has 0 bridgehead atoms. The van der Waals surface area contributed by atoms with Gasteiger partial charge >= 0.3 is 0 Å². The van der Waals surface area contributed by atoms with Crippen molar-refractivity contribution in [2.24, 2.45) is 5.73 Å². The zero-order chi connectivity index (χ0) is 12.4. The highest BCUT2D eigenvalue weighted by Gasteiger charge is 2.06. The van der Waals surface area contributed by atoms with Crippen LogP contribution >= 0.6 is 0 Å². The lowest BCUT2D eigenvalue weighted by Gasteiger charge is -2.09. The molecule has 0 saturated carbocycles.